The van der Waals surface area contributed by atoms with Crippen LogP contribution in [0.25, 0.3) is 22.6 Å². The average molecular weight is 372 g/mol. The van der Waals surface area contributed by atoms with Crippen molar-refractivity contribution in [3.05, 3.63) is 72.9 Å². The summed E-state index contributed by atoms with van der Waals surface area (Å²) in [5, 5.41) is 0. The van der Waals surface area contributed by atoms with E-state index in [0.717, 1.165) is 40.0 Å². The van der Waals surface area contributed by atoms with Crippen LogP contribution in [-0.2, 0) is 6.54 Å². The molecule has 0 bridgehead atoms. The highest BCUT2D eigenvalue weighted by molar-refractivity contribution is 5.76. The number of hydrogen-bond donors (Lipinski definition) is 1. The Morgan fingerprint density at radius 1 is 1.04 bits per heavy atom. The maximum Gasteiger partial charge on any atom is 0.161 e. The molecular formula is C22H20N4O2. The average Bonchev–Trinajstić information content (AvgIpc) is 3.34. The summed E-state index contributed by atoms with van der Waals surface area (Å²) in [6, 6.07) is 17.9. The summed E-state index contributed by atoms with van der Waals surface area (Å²) in [6.07, 6.45) is 3.61. The van der Waals surface area contributed by atoms with Crippen molar-refractivity contribution in [2.24, 2.45) is 0 Å². The summed E-state index contributed by atoms with van der Waals surface area (Å²) in [5.74, 6) is 2.44. The molecule has 28 heavy (non-hydrogen) atoms. The molecule has 6 nitrogen and oxygen atoms in total. The van der Waals surface area contributed by atoms with Crippen molar-refractivity contribution in [2.45, 2.75) is 19.6 Å². The van der Waals surface area contributed by atoms with E-state index in [1.54, 1.807) is 0 Å². The molecule has 0 spiro atoms. The van der Waals surface area contributed by atoms with Crippen LogP contribution in [0.5, 0.6) is 11.5 Å². The zero-order chi connectivity index (χ0) is 18.9. The third-order valence-corrected chi connectivity index (χ3v) is 4.81. The number of aromatic nitrogens is 4. The van der Waals surface area contributed by atoms with Gasteiger partial charge in [-0.2, -0.15) is 0 Å². The van der Waals surface area contributed by atoms with Gasteiger partial charge in [0.25, 0.3) is 0 Å². The zero-order valence-electron chi connectivity index (χ0n) is 15.5. The fourth-order valence-corrected chi connectivity index (χ4v) is 3.52. The van der Waals surface area contributed by atoms with Crippen LogP contribution in [-0.4, -0.2) is 32.2 Å². The standard InChI is InChI=1S/C22H20N4O2/c1-15-23-11-18(25-15)22-21(16-7-3-2-4-8-16)24-14-26(22)12-17-13-27-19-9-5-6-10-20(19)28-17/h2-11,14,17H,12-13H2,1H3,(H,23,25)/t17-/m1/s1. The number of hydrogen-bond acceptors (Lipinski definition) is 4. The molecule has 1 aliphatic rings. The van der Waals surface area contributed by atoms with Crippen LogP contribution in [0.15, 0.2) is 67.1 Å². The monoisotopic (exact) mass is 372 g/mol. The van der Waals surface area contributed by atoms with Crippen LogP contribution >= 0.6 is 0 Å². The Morgan fingerprint density at radius 3 is 2.61 bits per heavy atom. The lowest BCUT2D eigenvalue weighted by Crippen LogP contribution is -2.33. The molecule has 3 heterocycles. The third kappa shape index (κ3) is 3.03. The van der Waals surface area contributed by atoms with Crippen LogP contribution in [0.4, 0.5) is 0 Å². The van der Waals surface area contributed by atoms with Gasteiger partial charge >= 0.3 is 0 Å². The zero-order valence-corrected chi connectivity index (χ0v) is 15.5. The Labute approximate surface area is 162 Å². The minimum absolute atomic E-state index is 0.101. The Hall–Kier alpha value is -3.54. The second-order valence-corrected chi connectivity index (χ2v) is 6.84. The first-order valence-electron chi connectivity index (χ1n) is 9.29. The summed E-state index contributed by atoms with van der Waals surface area (Å²) in [4.78, 5) is 12.4. The quantitative estimate of drug-likeness (QED) is 0.586. The van der Waals surface area contributed by atoms with E-state index >= 15 is 0 Å². The van der Waals surface area contributed by atoms with E-state index in [1.165, 1.54) is 0 Å². The van der Waals surface area contributed by atoms with Crippen molar-refractivity contribution < 1.29 is 9.47 Å². The largest absolute Gasteiger partial charge is 0.486 e. The minimum atomic E-state index is -0.101. The van der Waals surface area contributed by atoms with Gasteiger partial charge in [-0.3, -0.25) is 0 Å². The van der Waals surface area contributed by atoms with Crippen LogP contribution in [0.3, 0.4) is 0 Å². The number of aromatic amines is 1. The van der Waals surface area contributed by atoms with Crippen LogP contribution < -0.4 is 9.47 Å². The van der Waals surface area contributed by atoms with E-state index in [2.05, 4.69) is 26.7 Å². The van der Waals surface area contributed by atoms with E-state index in [0.29, 0.717) is 13.2 Å². The lowest BCUT2D eigenvalue weighted by atomic mass is 10.1. The Bertz CT molecular complexity index is 1100. The van der Waals surface area contributed by atoms with Gasteiger partial charge in [-0.25, -0.2) is 9.97 Å². The second-order valence-electron chi connectivity index (χ2n) is 6.84. The SMILES string of the molecule is Cc1ncc(-c2c(-c3ccccc3)ncn2C[C@@H]2COc3ccccc3O2)[nH]1. The smallest absolute Gasteiger partial charge is 0.161 e. The van der Waals surface area contributed by atoms with Gasteiger partial charge in [-0.15, -0.1) is 0 Å². The number of H-pyrrole nitrogens is 1. The van der Waals surface area contributed by atoms with Gasteiger partial charge in [-0.1, -0.05) is 42.5 Å². The molecule has 1 N–H and O–H groups in total. The molecule has 0 radical (unpaired) electrons. The summed E-state index contributed by atoms with van der Waals surface area (Å²) >= 11 is 0. The minimum Gasteiger partial charge on any atom is -0.486 e. The molecule has 0 aliphatic carbocycles. The molecule has 0 saturated carbocycles. The fourth-order valence-electron chi connectivity index (χ4n) is 3.52. The number of ether oxygens (including phenoxy) is 2. The van der Waals surface area contributed by atoms with Gasteiger partial charge in [0.15, 0.2) is 17.6 Å². The van der Waals surface area contributed by atoms with E-state index in [9.17, 15) is 0 Å². The van der Waals surface area contributed by atoms with Gasteiger partial charge < -0.3 is 19.0 Å². The molecule has 1 atom stereocenters. The van der Waals surface area contributed by atoms with Gasteiger partial charge in [0.1, 0.15) is 12.4 Å². The van der Waals surface area contributed by atoms with Crippen LogP contribution in [0, 0.1) is 6.92 Å². The molecule has 0 amide bonds. The van der Waals surface area contributed by atoms with Gasteiger partial charge in [0.2, 0.25) is 0 Å². The molecule has 2 aromatic carbocycles. The molecule has 0 saturated heterocycles. The molecule has 0 unspecified atom stereocenters. The number of imidazole rings is 2. The maximum absolute atomic E-state index is 6.15. The first-order valence-corrected chi connectivity index (χ1v) is 9.29. The number of nitrogens with one attached hydrogen (secondary N) is 1. The van der Waals surface area contributed by atoms with Crippen molar-refractivity contribution in [3.8, 4) is 34.1 Å². The summed E-state index contributed by atoms with van der Waals surface area (Å²) in [5.41, 5.74) is 3.91. The lowest BCUT2D eigenvalue weighted by molar-refractivity contribution is 0.0788. The number of aryl methyl sites for hydroxylation is 1. The molecule has 2 aromatic heterocycles. The number of rotatable bonds is 4. The molecule has 4 aromatic rings. The molecule has 0 fully saturated rings. The van der Waals surface area contributed by atoms with Gasteiger partial charge in [-0.05, 0) is 19.1 Å². The highest BCUT2D eigenvalue weighted by Gasteiger charge is 2.24. The Morgan fingerprint density at radius 2 is 1.82 bits per heavy atom. The van der Waals surface area contributed by atoms with Crippen molar-refractivity contribution in [2.75, 3.05) is 6.61 Å². The molecular weight excluding hydrogens is 352 g/mol. The van der Waals surface area contributed by atoms with E-state index in [-0.39, 0.29) is 6.10 Å². The lowest BCUT2D eigenvalue weighted by Gasteiger charge is -2.27. The van der Waals surface area contributed by atoms with E-state index in [1.807, 2.05) is 61.9 Å². The molecule has 6 heteroatoms. The first-order chi connectivity index (χ1) is 13.8. The second kappa shape index (κ2) is 6.88. The molecule has 5 rings (SSSR count). The molecule has 1 aliphatic heterocycles. The maximum atomic E-state index is 6.15. The van der Waals surface area contributed by atoms with E-state index < -0.39 is 0 Å². The predicted molar refractivity (Wildman–Crippen MR) is 106 cm³/mol. The summed E-state index contributed by atoms with van der Waals surface area (Å²) < 4.78 is 14.1. The number of fused-ring (bicyclic) bond motifs is 1. The molecule has 140 valence electrons. The van der Waals surface area contributed by atoms with E-state index in [4.69, 9.17) is 14.5 Å². The van der Waals surface area contributed by atoms with Gasteiger partial charge in [0.05, 0.1) is 36.2 Å². The van der Waals surface area contributed by atoms with Crippen molar-refractivity contribution >= 4 is 0 Å². The topological polar surface area (TPSA) is 65.0 Å². The fraction of sp³-hybridized carbons (Fsp3) is 0.182. The number of benzene rings is 2. The number of nitrogens with zero attached hydrogens (tertiary/aromatic N) is 3. The third-order valence-electron chi connectivity index (χ3n) is 4.81. The highest BCUT2D eigenvalue weighted by Crippen LogP contribution is 2.33. The summed E-state index contributed by atoms with van der Waals surface area (Å²) in [7, 11) is 0. The van der Waals surface area contributed by atoms with Crippen molar-refractivity contribution in [1.82, 2.24) is 19.5 Å². The summed E-state index contributed by atoms with van der Waals surface area (Å²) in [6.45, 7) is 3.07. The van der Waals surface area contributed by atoms with Gasteiger partial charge in [0, 0.05) is 5.56 Å². The predicted octanol–water partition coefficient (Wildman–Crippen LogP) is 4.09. The van der Waals surface area contributed by atoms with Crippen molar-refractivity contribution in [1.29, 1.82) is 0 Å². The normalized spacial score (nSPS) is 15.5. The Balaban J connectivity index is 1.51. The van der Waals surface area contributed by atoms with Crippen molar-refractivity contribution in [3.63, 3.8) is 0 Å². The van der Waals surface area contributed by atoms with Crippen LogP contribution in [0.2, 0.25) is 0 Å². The Kier molecular flexibility index (Phi) is 4.09. The number of para-hydroxylation sites is 2. The first kappa shape index (κ1) is 16.6. The van der Waals surface area contributed by atoms with Crippen LogP contribution in [0.1, 0.15) is 5.82 Å². The highest BCUT2D eigenvalue weighted by atomic mass is 16.6.